The van der Waals surface area contributed by atoms with E-state index >= 15 is 0 Å². The van der Waals surface area contributed by atoms with Crippen LogP contribution in [-0.4, -0.2) is 18.2 Å². The molecule has 0 aromatic heterocycles. The van der Waals surface area contributed by atoms with E-state index in [2.05, 4.69) is 19.2 Å². The molecule has 1 aromatic carbocycles. The first-order valence-electron chi connectivity index (χ1n) is 6.30. The van der Waals surface area contributed by atoms with Gasteiger partial charge in [-0.1, -0.05) is 26.0 Å². The van der Waals surface area contributed by atoms with Crippen LogP contribution in [-0.2, 0) is 11.3 Å². The number of hydrogen-bond donors (Lipinski definition) is 2. The van der Waals surface area contributed by atoms with Crippen LogP contribution in [0, 0.1) is 5.92 Å². The summed E-state index contributed by atoms with van der Waals surface area (Å²) in [6.45, 7) is 5.60. The Labute approximate surface area is 114 Å². The molecule has 3 nitrogen and oxygen atoms in total. The van der Waals surface area contributed by atoms with Gasteiger partial charge in [0, 0.05) is 18.0 Å². The van der Waals surface area contributed by atoms with Crippen LogP contribution >= 0.6 is 11.8 Å². The third-order valence-corrected chi connectivity index (χ3v) is 3.54. The van der Waals surface area contributed by atoms with Crippen molar-refractivity contribution in [2.75, 3.05) is 12.3 Å². The second kappa shape index (κ2) is 8.16. The highest BCUT2D eigenvalue weighted by Crippen LogP contribution is 2.18. The van der Waals surface area contributed by atoms with Crippen molar-refractivity contribution in [2.24, 2.45) is 11.7 Å². The van der Waals surface area contributed by atoms with Crippen molar-refractivity contribution in [2.45, 2.75) is 31.7 Å². The number of amides is 1. The Morgan fingerprint density at radius 3 is 2.89 bits per heavy atom. The molecule has 1 rings (SSSR count). The standard InChI is InChI=1S/C14H22N2OS/c1-11(2)6-7-16-14(17)10-18-13-5-3-4-12(8-13)9-15/h3-5,8,11H,6-7,9-10,15H2,1-2H3,(H,16,17). The van der Waals surface area contributed by atoms with Crippen molar-refractivity contribution in [1.29, 1.82) is 0 Å². The third-order valence-electron chi connectivity index (χ3n) is 2.55. The molecule has 0 atom stereocenters. The van der Waals surface area contributed by atoms with Crippen LogP contribution in [0.1, 0.15) is 25.8 Å². The van der Waals surface area contributed by atoms with Gasteiger partial charge in [-0.25, -0.2) is 0 Å². The van der Waals surface area contributed by atoms with E-state index in [1.165, 1.54) is 0 Å². The lowest BCUT2D eigenvalue weighted by molar-refractivity contribution is -0.118. The summed E-state index contributed by atoms with van der Waals surface area (Å²) in [5, 5.41) is 2.93. The van der Waals surface area contributed by atoms with Crippen molar-refractivity contribution >= 4 is 17.7 Å². The average molecular weight is 266 g/mol. The number of thioether (sulfide) groups is 1. The molecule has 0 spiro atoms. The van der Waals surface area contributed by atoms with E-state index in [1.807, 2.05) is 24.3 Å². The van der Waals surface area contributed by atoms with E-state index in [1.54, 1.807) is 11.8 Å². The highest BCUT2D eigenvalue weighted by Gasteiger charge is 2.03. The van der Waals surface area contributed by atoms with E-state index in [-0.39, 0.29) is 5.91 Å². The molecule has 18 heavy (non-hydrogen) atoms. The minimum Gasteiger partial charge on any atom is -0.355 e. The highest BCUT2D eigenvalue weighted by molar-refractivity contribution is 8.00. The summed E-state index contributed by atoms with van der Waals surface area (Å²) in [6.07, 6.45) is 1.03. The number of hydrogen-bond acceptors (Lipinski definition) is 3. The van der Waals surface area contributed by atoms with Crippen molar-refractivity contribution < 1.29 is 4.79 Å². The van der Waals surface area contributed by atoms with Gasteiger partial charge in [-0.3, -0.25) is 4.79 Å². The molecule has 0 aliphatic rings. The zero-order valence-electron chi connectivity index (χ0n) is 11.1. The van der Waals surface area contributed by atoms with Gasteiger partial charge in [0.25, 0.3) is 0 Å². The molecule has 0 unspecified atom stereocenters. The molecule has 0 fully saturated rings. The summed E-state index contributed by atoms with van der Waals surface area (Å²) >= 11 is 1.55. The lowest BCUT2D eigenvalue weighted by Gasteiger charge is -2.07. The maximum Gasteiger partial charge on any atom is 0.230 e. The summed E-state index contributed by atoms with van der Waals surface area (Å²) < 4.78 is 0. The topological polar surface area (TPSA) is 55.1 Å². The van der Waals surface area contributed by atoms with Crippen molar-refractivity contribution in [3.63, 3.8) is 0 Å². The van der Waals surface area contributed by atoms with Gasteiger partial charge in [0.2, 0.25) is 5.91 Å². The van der Waals surface area contributed by atoms with Crippen LogP contribution in [0.15, 0.2) is 29.2 Å². The molecule has 0 saturated heterocycles. The predicted molar refractivity (Wildman–Crippen MR) is 77.5 cm³/mol. The first-order chi connectivity index (χ1) is 8.61. The number of nitrogens with two attached hydrogens (primary N) is 1. The first-order valence-corrected chi connectivity index (χ1v) is 7.29. The molecule has 0 radical (unpaired) electrons. The predicted octanol–water partition coefficient (Wildman–Crippen LogP) is 2.40. The van der Waals surface area contributed by atoms with Crippen LogP contribution in [0.25, 0.3) is 0 Å². The smallest absolute Gasteiger partial charge is 0.230 e. The molecular weight excluding hydrogens is 244 g/mol. The Morgan fingerprint density at radius 2 is 2.22 bits per heavy atom. The van der Waals surface area contributed by atoms with Gasteiger partial charge < -0.3 is 11.1 Å². The second-order valence-corrected chi connectivity index (χ2v) is 5.72. The van der Waals surface area contributed by atoms with Gasteiger partial charge in [-0.05, 0) is 30.0 Å². The Morgan fingerprint density at radius 1 is 1.44 bits per heavy atom. The van der Waals surface area contributed by atoms with Gasteiger partial charge in [0.05, 0.1) is 5.75 Å². The zero-order valence-corrected chi connectivity index (χ0v) is 11.9. The van der Waals surface area contributed by atoms with Crippen LogP contribution in [0.4, 0.5) is 0 Å². The molecule has 3 N–H and O–H groups in total. The number of carbonyl (C=O) groups excluding carboxylic acids is 1. The van der Waals surface area contributed by atoms with Crippen molar-refractivity contribution in [3.05, 3.63) is 29.8 Å². The van der Waals surface area contributed by atoms with Gasteiger partial charge in [-0.2, -0.15) is 0 Å². The normalized spacial score (nSPS) is 10.7. The molecule has 0 saturated carbocycles. The minimum atomic E-state index is 0.0961. The fourth-order valence-electron chi connectivity index (χ4n) is 1.46. The van der Waals surface area contributed by atoms with Gasteiger partial charge >= 0.3 is 0 Å². The van der Waals surface area contributed by atoms with Gasteiger partial charge in [-0.15, -0.1) is 11.8 Å². The Kier molecular flexibility index (Phi) is 6.83. The molecule has 1 amide bonds. The monoisotopic (exact) mass is 266 g/mol. The first kappa shape index (κ1) is 15.1. The molecule has 0 heterocycles. The fraction of sp³-hybridized carbons (Fsp3) is 0.500. The van der Waals surface area contributed by atoms with Crippen LogP contribution in [0.3, 0.4) is 0 Å². The summed E-state index contributed by atoms with van der Waals surface area (Å²) in [7, 11) is 0. The molecule has 0 aliphatic carbocycles. The third kappa shape index (κ3) is 6.07. The van der Waals surface area contributed by atoms with Crippen LogP contribution in [0.5, 0.6) is 0 Å². The number of rotatable bonds is 7. The SMILES string of the molecule is CC(C)CCNC(=O)CSc1cccc(CN)c1. The second-order valence-electron chi connectivity index (χ2n) is 4.67. The molecule has 0 aliphatic heterocycles. The van der Waals surface area contributed by atoms with E-state index < -0.39 is 0 Å². The molecule has 1 aromatic rings. The Hall–Kier alpha value is -1.00. The molecule has 100 valence electrons. The van der Waals surface area contributed by atoms with Crippen molar-refractivity contribution in [1.82, 2.24) is 5.32 Å². The number of carbonyl (C=O) groups is 1. The van der Waals surface area contributed by atoms with Crippen LogP contribution in [0.2, 0.25) is 0 Å². The lowest BCUT2D eigenvalue weighted by atomic mass is 10.1. The number of nitrogens with one attached hydrogen (secondary N) is 1. The minimum absolute atomic E-state index is 0.0961. The maximum absolute atomic E-state index is 11.6. The van der Waals surface area contributed by atoms with E-state index in [0.717, 1.165) is 23.4 Å². The zero-order chi connectivity index (χ0) is 13.4. The summed E-state index contributed by atoms with van der Waals surface area (Å²) in [6, 6.07) is 8.01. The largest absolute Gasteiger partial charge is 0.355 e. The van der Waals surface area contributed by atoms with Gasteiger partial charge in [0.15, 0.2) is 0 Å². The highest BCUT2D eigenvalue weighted by atomic mass is 32.2. The quantitative estimate of drug-likeness (QED) is 0.745. The fourth-order valence-corrected chi connectivity index (χ4v) is 2.27. The Bertz CT molecular complexity index is 380. The molecular formula is C14H22N2OS. The van der Waals surface area contributed by atoms with E-state index in [4.69, 9.17) is 5.73 Å². The number of benzene rings is 1. The van der Waals surface area contributed by atoms with E-state index in [0.29, 0.717) is 18.2 Å². The molecule has 0 bridgehead atoms. The summed E-state index contributed by atoms with van der Waals surface area (Å²) in [5.41, 5.74) is 6.68. The van der Waals surface area contributed by atoms with E-state index in [9.17, 15) is 4.79 Å². The maximum atomic E-state index is 11.6. The lowest BCUT2D eigenvalue weighted by Crippen LogP contribution is -2.26. The average Bonchev–Trinajstić information content (AvgIpc) is 2.36. The summed E-state index contributed by atoms with van der Waals surface area (Å²) in [4.78, 5) is 12.7. The summed E-state index contributed by atoms with van der Waals surface area (Å²) in [5.74, 6) is 1.18. The van der Waals surface area contributed by atoms with Gasteiger partial charge in [0.1, 0.15) is 0 Å². The molecule has 4 heteroatoms. The Balaban J connectivity index is 2.29. The van der Waals surface area contributed by atoms with Crippen molar-refractivity contribution in [3.8, 4) is 0 Å². The van der Waals surface area contributed by atoms with Crippen LogP contribution < -0.4 is 11.1 Å².